The summed E-state index contributed by atoms with van der Waals surface area (Å²) < 4.78 is 10.5. The second-order valence-electron chi connectivity index (χ2n) is 4.61. The number of benzene rings is 1. The number of ether oxygens (including phenoxy) is 2. The summed E-state index contributed by atoms with van der Waals surface area (Å²) in [5, 5.41) is 2.98. The zero-order valence-corrected chi connectivity index (χ0v) is 12.2. The minimum Gasteiger partial charge on any atom is -0.493 e. The highest BCUT2D eigenvalue weighted by atomic mass is 16.5. The van der Waals surface area contributed by atoms with Crippen molar-refractivity contribution in [3.8, 4) is 11.5 Å². The van der Waals surface area contributed by atoms with Gasteiger partial charge in [0, 0.05) is 12.5 Å². The van der Waals surface area contributed by atoms with Crippen LogP contribution in [0.5, 0.6) is 11.5 Å². The number of hydrogen-bond acceptors (Lipinski definition) is 3. The van der Waals surface area contributed by atoms with E-state index in [9.17, 15) is 4.79 Å². The number of carbonyl (C=O) groups excluding carboxylic acids is 1. The molecule has 0 spiro atoms. The maximum Gasteiger partial charge on any atom is 0.220 e. The summed E-state index contributed by atoms with van der Waals surface area (Å²) >= 11 is 0. The molecule has 0 saturated carbocycles. The van der Waals surface area contributed by atoms with E-state index in [4.69, 9.17) is 9.47 Å². The Hall–Kier alpha value is -1.71. The van der Waals surface area contributed by atoms with Gasteiger partial charge in [0.25, 0.3) is 0 Å². The van der Waals surface area contributed by atoms with Crippen LogP contribution >= 0.6 is 0 Å². The van der Waals surface area contributed by atoms with E-state index in [1.54, 1.807) is 14.2 Å². The maximum atomic E-state index is 11.5. The first-order chi connectivity index (χ1) is 9.10. The molecule has 4 nitrogen and oxygen atoms in total. The Labute approximate surface area is 115 Å². The van der Waals surface area contributed by atoms with Gasteiger partial charge in [-0.25, -0.2) is 0 Å². The van der Waals surface area contributed by atoms with Crippen molar-refractivity contribution in [2.45, 2.75) is 39.2 Å². The highest BCUT2D eigenvalue weighted by molar-refractivity contribution is 5.76. The Kier molecular flexibility index (Phi) is 6.19. The van der Waals surface area contributed by atoms with Crippen LogP contribution in [0.15, 0.2) is 18.2 Å². The second-order valence-corrected chi connectivity index (χ2v) is 4.61. The van der Waals surface area contributed by atoms with Gasteiger partial charge >= 0.3 is 0 Å². The molecule has 106 valence electrons. The standard InChI is InChI=1S/C15H23NO3/c1-5-6-15(17)16-11(2)9-12-7-8-13(18-3)14(10-12)19-4/h7-8,10-11H,5-6,9H2,1-4H3,(H,16,17)/t11-/m0/s1. The van der Waals surface area contributed by atoms with Gasteiger partial charge in [0.15, 0.2) is 11.5 Å². The number of hydrogen-bond donors (Lipinski definition) is 1. The SMILES string of the molecule is CCCC(=O)N[C@@H](C)Cc1ccc(OC)c(OC)c1. The fourth-order valence-corrected chi connectivity index (χ4v) is 1.99. The van der Waals surface area contributed by atoms with Gasteiger partial charge in [-0.1, -0.05) is 13.0 Å². The summed E-state index contributed by atoms with van der Waals surface area (Å²) in [7, 11) is 3.24. The van der Waals surface area contributed by atoms with E-state index in [-0.39, 0.29) is 11.9 Å². The molecule has 0 bridgehead atoms. The van der Waals surface area contributed by atoms with E-state index < -0.39 is 0 Å². The number of amides is 1. The van der Waals surface area contributed by atoms with Crippen molar-refractivity contribution in [2.24, 2.45) is 0 Å². The summed E-state index contributed by atoms with van der Waals surface area (Å²) in [6, 6.07) is 5.93. The van der Waals surface area contributed by atoms with Crippen LogP contribution in [0, 0.1) is 0 Å². The fourth-order valence-electron chi connectivity index (χ4n) is 1.99. The number of carbonyl (C=O) groups is 1. The maximum absolute atomic E-state index is 11.5. The first-order valence-corrected chi connectivity index (χ1v) is 6.61. The van der Waals surface area contributed by atoms with Crippen molar-refractivity contribution in [2.75, 3.05) is 14.2 Å². The Morgan fingerprint density at radius 2 is 1.95 bits per heavy atom. The van der Waals surface area contributed by atoms with Gasteiger partial charge in [-0.2, -0.15) is 0 Å². The molecule has 0 aromatic heterocycles. The third-order valence-electron chi connectivity index (χ3n) is 2.87. The van der Waals surface area contributed by atoms with Crippen LogP contribution in [0.25, 0.3) is 0 Å². The zero-order valence-electron chi connectivity index (χ0n) is 12.2. The van der Waals surface area contributed by atoms with Gasteiger partial charge in [0.2, 0.25) is 5.91 Å². The lowest BCUT2D eigenvalue weighted by molar-refractivity contribution is -0.121. The summed E-state index contributed by atoms with van der Waals surface area (Å²) in [5.74, 6) is 1.54. The van der Waals surface area contributed by atoms with Crippen LogP contribution < -0.4 is 14.8 Å². The number of methoxy groups -OCH3 is 2. The van der Waals surface area contributed by atoms with Crippen molar-refractivity contribution in [3.63, 3.8) is 0 Å². The topological polar surface area (TPSA) is 47.6 Å². The van der Waals surface area contributed by atoms with Crippen molar-refractivity contribution in [3.05, 3.63) is 23.8 Å². The molecule has 0 saturated heterocycles. The molecule has 0 heterocycles. The van der Waals surface area contributed by atoms with Crippen molar-refractivity contribution < 1.29 is 14.3 Å². The highest BCUT2D eigenvalue weighted by Crippen LogP contribution is 2.27. The molecule has 0 aliphatic rings. The molecule has 1 aromatic carbocycles. The fraction of sp³-hybridized carbons (Fsp3) is 0.533. The van der Waals surface area contributed by atoms with E-state index in [1.165, 1.54) is 0 Å². The molecule has 1 aromatic rings. The van der Waals surface area contributed by atoms with Gasteiger partial charge in [-0.15, -0.1) is 0 Å². The Balaban J connectivity index is 2.64. The first kappa shape index (κ1) is 15.3. The van der Waals surface area contributed by atoms with Crippen molar-refractivity contribution >= 4 is 5.91 Å². The zero-order chi connectivity index (χ0) is 14.3. The molecule has 4 heteroatoms. The van der Waals surface area contributed by atoms with Gasteiger partial charge in [0.1, 0.15) is 0 Å². The second kappa shape index (κ2) is 7.67. The van der Waals surface area contributed by atoms with Crippen LogP contribution in [0.3, 0.4) is 0 Å². The minimum atomic E-state index is 0.107. The normalized spacial score (nSPS) is 11.8. The van der Waals surface area contributed by atoms with E-state index in [0.29, 0.717) is 17.9 Å². The molecule has 1 rings (SSSR count). The van der Waals surface area contributed by atoms with Crippen LogP contribution in [0.2, 0.25) is 0 Å². The Bertz CT molecular complexity index is 418. The third-order valence-corrected chi connectivity index (χ3v) is 2.87. The predicted molar refractivity (Wildman–Crippen MR) is 75.8 cm³/mol. The monoisotopic (exact) mass is 265 g/mol. The average Bonchev–Trinajstić information content (AvgIpc) is 2.38. The van der Waals surface area contributed by atoms with Crippen LogP contribution in [-0.2, 0) is 11.2 Å². The van der Waals surface area contributed by atoms with Gasteiger partial charge in [-0.3, -0.25) is 4.79 Å². The van der Waals surface area contributed by atoms with Crippen molar-refractivity contribution in [1.29, 1.82) is 0 Å². The summed E-state index contributed by atoms with van der Waals surface area (Å²) in [6.45, 7) is 4.00. The molecule has 0 aliphatic carbocycles. The third kappa shape index (κ3) is 4.81. The lowest BCUT2D eigenvalue weighted by Gasteiger charge is -2.15. The molecule has 1 atom stereocenters. The molecule has 0 unspecified atom stereocenters. The molecule has 1 amide bonds. The molecule has 1 N–H and O–H groups in total. The van der Waals surface area contributed by atoms with Gasteiger partial charge in [0.05, 0.1) is 14.2 Å². The van der Waals surface area contributed by atoms with Crippen molar-refractivity contribution in [1.82, 2.24) is 5.32 Å². The van der Waals surface area contributed by atoms with E-state index >= 15 is 0 Å². The van der Waals surface area contributed by atoms with E-state index in [2.05, 4.69) is 5.32 Å². The lowest BCUT2D eigenvalue weighted by Crippen LogP contribution is -2.33. The van der Waals surface area contributed by atoms with E-state index in [1.807, 2.05) is 32.0 Å². The van der Waals surface area contributed by atoms with Crippen LogP contribution in [-0.4, -0.2) is 26.2 Å². The molecule has 19 heavy (non-hydrogen) atoms. The molecule has 0 aliphatic heterocycles. The number of nitrogens with one attached hydrogen (secondary N) is 1. The van der Waals surface area contributed by atoms with Crippen LogP contribution in [0.1, 0.15) is 32.3 Å². The summed E-state index contributed by atoms with van der Waals surface area (Å²) in [6.07, 6.45) is 2.22. The Morgan fingerprint density at radius 3 is 2.53 bits per heavy atom. The van der Waals surface area contributed by atoms with E-state index in [0.717, 1.165) is 18.4 Å². The number of rotatable bonds is 7. The lowest BCUT2D eigenvalue weighted by atomic mass is 10.1. The first-order valence-electron chi connectivity index (χ1n) is 6.61. The molecular weight excluding hydrogens is 242 g/mol. The van der Waals surface area contributed by atoms with Crippen LogP contribution in [0.4, 0.5) is 0 Å². The quantitative estimate of drug-likeness (QED) is 0.824. The smallest absolute Gasteiger partial charge is 0.220 e. The predicted octanol–water partition coefficient (Wildman–Crippen LogP) is 2.55. The Morgan fingerprint density at radius 1 is 1.26 bits per heavy atom. The summed E-state index contributed by atoms with van der Waals surface area (Å²) in [4.78, 5) is 11.5. The molecule has 0 fully saturated rings. The summed E-state index contributed by atoms with van der Waals surface area (Å²) in [5.41, 5.74) is 1.11. The minimum absolute atomic E-state index is 0.107. The largest absolute Gasteiger partial charge is 0.493 e. The average molecular weight is 265 g/mol. The van der Waals surface area contributed by atoms with Gasteiger partial charge in [-0.05, 0) is 37.5 Å². The highest BCUT2D eigenvalue weighted by Gasteiger charge is 2.10. The van der Waals surface area contributed by atoms with Gasteiger partial charge < -0.3 is 14.8 Å². The molecular formula is C15H23NO3. The molecule has 0 radical (unpaired) electrons.